The topological polar surface area (TPSA) is 77.2 Å². The first kappa shape index (κ1) is 17.9. The van der Waals surface area contributed by atoms with Crippen molar-refractivity contribution >= 4 is 18.3 Å². The first-order valence-corrected chi connectivity index (χ1v) is 6.74. The minimum Gasteiger partial charge on any atom is -0.496 e. The van der Waals surface area contributed by atoms with Crippen LogP contribution in [-0.2, 0) is 6.54 Å². The summed E-state index contributed by atoms with van der Waals surface area (Å²) in [7, 11) is 1.61. The Bertz CT molecular complexity index is 634. The van der Waals surface area contributed by atoms with E-state index in [2.05, 4.69) is 10.3 Å². The third kappa shape index (κ3) is 4.19. The van der Waals surface area contributed by atoms with E-state index in [9.17, 15) is 4.79 Å². The number of hydrogen-bond acceptors (Lipinski definition) is 4. The van der Waals surface area contributed by atoms with E-state index in [0.29, 0.717) is 17.8 Å². The van der Waals surface area contributed by atoms with Crippen LogP contribution in [0.15, 0.2) is 42.6 Å². The number of carbonyl (C=O) groups is 1. The molecule has 0 fully saturated rings. The van der Waals surface area contributed by atoms with Crippen LogP contribution in [0, 0.1) is 0 Å². The Kier molecular flexibility index (Phi) is 6.82. The van der Waals surface area contributed by atoms with Crippen LogP contribution in [0.5, 0.6) is 5.75 Å². The van der Waals surface area contributed by atoms with E-state index in [0.717, 1.165) is 11.3 Å². The number of ether oxygens (including phenoxy) is 1. The Labute approximate surface area is 136 Å². The van der Waals surface area contributed by atoms with Gasteiger partial charge in [0.1, 0.15) is 5.75 Å². The maximum absolute atomic E-state index is 12.3. The molecule has 1 heterocycles. The second-order valence-electron chi connectivity index (χ2n) is 4.68. The molecule has 1 aromatic heterocycles. The molecule has 0 radical (unpaired) electrons. The molecule has 1 atom stereocenters. The summed E-state index contributed by atoms with van der Waals surface area (Å²) in [6.07, 6.45) is 1.59. The molecule has 118 valence electrons. The van der Waals surface area contributed by atoms with Gasteiger partial charge in [0.15, 0.2) is 0 Å². The highest BCUT2D eigenvalue weighted by atomic mass is 35.5. The van der Waals surface area contributed by atoms with Crippen LogP contribution in [0.1, 0.15) is 34.6 Å². The molecule has 3 N–H and O–H groups in total. The number of nitrogens with zero attached hydrogens (tertiary/aromatic N) is 1. The minimum atomic E-state index is -0.164. The molecule has 1 unspecified atom stereocenters. The molecule has 2 aromatic rings. The molecule has 5 nitrogen and oxygen atoms in total. The first-order valence-electron chi connectivity index (χ1n) is 6.74. The third-order valence-corrected chi connectivity index (χ3v) is 3.24. The summed E-state index contributed by atoms with van der Waals surface area (Å²) < 4.78 is 5.31. The first-order chi connectivity index (χ1) is 10.2. The molecule has 1 amide bonds. The number of pyridine rings is 1. The van der Waals surface area contributed by atoms with Gasteiger partial charge in [-0.2, -0.15) is 0 Å². The van der Waals surface area contributed by atoms with Crippen LogP contribution in [0.2, 0.25) is 0 Å². The van der Waals surface area contributed by atoms with Crippen LogP contribution in [0.3, 0.4) is 0 Å². The van der Waals surface area contributed by atoms with Gasteiger partial charge < -0.3 is 15.8 Å². The molecule has 0 aliphatic carbocycles. The predicted molar refractivity (Wildman–Crippen MR) is 88.3 cm³/mol. The van der Waals surface area contributed by atoms with E-state index in [1.54, 1.807) is 25.4 Å². The number of methoxy groups -OCH3 is 1. The number of halogens is 1. The highest BCUT2D eigenvalue weighted by molar-refractivity contribution is 5.94. The van der Waals surface area contributed by atoms with Gasteiger partial charge in [0.2, 0.25) is 0 Å². The molecular weight excluding hydrogens is 302 g/mol. The number of nitrogens with two attached hydrogens (primary N) is 1. The van der Waals surface area contributed by atoms with Crippen molar-refractivity contribution < 1.29 is 9.53 Å². The van der Waals surface area contributed by atoms with Crippen molar-refractivity contribution in [2.45, 2.75) is 19.5 Å². The summed E-state index contributed by atoms with van der Waals surface area (Å²) in [5.74, 6) is 0.591. The van der Waals surface area contributed by atoms with E-state index < -0.39 is 0 Å². The van der Waals surface area contributed by atoms with Gasteiger partial charge in [0.05, 0.1) is 18.8 Å². The predicted octanol–water partition coefficient (Wildman–Crippen LogP) is 2.46. The molecular formula is C16H20ClN3O2. The Hall–Kier alpha value is -2.11. The minimum absolute atomic E-state index is 0. The fourth-order valence-electron chi connectivity index (χ4n) is 2.11. The van der Waals surface area contributed by atoms with Crippen LogP contribution in [0.4, 0.5) is 0 Å². The fraction of sp³-hybridized carbons (Fsp3) is 0.250. The number of hydrogen-bond donors (Lipinski definition) is 2. The van der Waals surface area contributed by atoms with Crippen LogP contribution in [0.25, 0.3) is 0 Å². The number of nitrogens with one attached hydrogen (secondary N) is 1. The SMILES string of the molecule is COc1ccccc1C(C)NC(=O)c1ccnc(CN)c1.Cl. The standard InChI is InChI=1S/C16H19N3O2.ClH/c1-11(14-5-3-4-6-15(14)21-2)19-16(20)12-7-8-18-13(9-12)10-17;/h3-9,11H,10,17H2,1-2H3,(H,19,20);1H. The molecule has 1 aromatic carbocycles. The largest absolute Gasteiger partial charge is 0.496 e. The average Bonchev–Trinajstić information content (AvgIpc) is 2.54. The van der Waals surface area contributed by atoms with Gasteiger partial charge in [-0.3, -0.25) is 9.78 Å². The van der Waals surface area contributed by atoms with Crippen molar-refractivity contribution in [3.05, 3.63) is 59.4 Å². The normalized spacial score (nSPS) is 11.2. The van der Waals surface area contributed by atoms with Gasteiger partial charge in [-0.05, 0) is 25.1 Å². The quantitative estimate of drug-likeness (QED) is 0.887. The monoisotopic (exact) mass is 321 g/mol. The van der Waals surface area contributed by atoms with Gasteiger partial charge in [-0.25, -0.2) is 0 Å². The summed E-state index contributed by atoms with van der Waals surface area (Å²) in [6, 6.07) is 10.8. The molecule has 0 aliphatic heterocycles. The second kappa shape index (κ2) is 8.36. The van der Waals surface area contributed by atoms with Crippen molar-refractivity contribution in [2.24, 2.45) is 5.73 Å². The zero-order valence-electron chi connectivity index (χ0n) is 12.6. The molecule has 0 aliphatic rings. The summed E-state index contributed by atoms with van der Waals surface area (Å²) in [6.45, 7) is 2.23. The summed E-state index contributed by atoms with van der Waals surface area (Å²) in [4.78, 5) is 16.4. The van der Waals surface area contributed by atoms with Crippen molar-refractivity contribution in [1.29, 1.82) is 0 Å². The molecule has 0 saturated heterocycles. The maximum atomic E-state index is 12.3. The van der Waals surface area contributed by atoms with Gasteiger partial charge in [-0.15, -0.1) is 12.4 Å². The Morgan fingerprint density at radius 3 is 2.77 bits per heavy atom. The lowest BCUT2D eigenvalue weighted by Crippen LogP contribution is -2.27. The van der Waals surface area contributed by atoms with E-state index in [1.807, 2.05) is 31.2 Å². The van der Waals surface area contributed by atoms with Gasteiger partial charge in [0.25, 0.3) is 5.91 Å². The summed E-state index contributed by atoms with van der Waals surface area (Å²) in [5, 5.41) is 2.95. The Morgan fingerprint density at radius 2 is 2.09 bits per heavy atom. The van der Waals surface area contributed by atoms with Crippen molar-refractivity contribution in [1.82, 2.24) is 10.3 Å². The fourth-order valence-corrected chi connectivity index (χ4v) is 2.11. The van der Waals surface area contributed by atoms with Crippen LogP contribution in [-0.4, -0.2) is 18.0 Å². The number of rotatable bonds is 5. The lowest BCUT2D eigenvalue weighted by molar-refractivity contribution is 0.0939. The lowest BCUT2D eigenvalue weighted by Gasteiger charge is -2.17. The average molecular weight is 322 g/mol. The van der Waals surface area contributed by atoms with Gasteiger partial charge >= 0.3 is 0 Å². The van der Waals surface area contributed by atoms with Gasteiger partial charge in [-0.1, -0.05) is 18.2 Å². The molecule has 0 bridgehead atoms. The summed E-state index contributed by atoms with van der Waals surface area (Å²) >= 11 is 0. The van der Waals surface area contributed by atoms with Crippen LogP contribution < -0.4 is 15.8 Å². The van der Waals surface area contributed by atoms with Gasteiger partial charge in [0, 0.05) is 23.9 Å². The zero-order valence-corrected chi connectivity index (χ0v) is 13.4. The lowest BCUT2D eigenvalue weighted by atomic mass is 10.1. The number of amides is 1. The summed E-state index contributed by atoms with van der Waals surface area (Å²) in [5.41, 5.74) is 7.71. The number of carbonyl (C=O) groups excluding carboxylic acids is 1. The number of benzene rings is 1. The van der Waals surface area contributed by atoms with E-state index in [4.69, 9.17) is 10.5 Å². The van der Waals surface area contributed by atoms with Crippen molar-refractivity contribution in [2.75, 3.05) is 7.11 Å². The van der Waals surface area contributed by atoms with E-state index >= 15 is 0 Å². The highest BCUT2D eigenvalue weighted by Gasteiger charge is 2.15. The molecule has 0 saturated carbocycles. The van der Waals surface area contributed by atoms with E-state index in [1.165, 1.54) is 0 Å². The molecule has 2 rings (SSSR count). The molecule has 22 heavy (non-hydrogen) atoms. The number of aromatic nitrogens is 1. The second-order valence-corrected chi connectivity index (χ2v) is 4.68. The third-order valence-electron chi connectivity index (χ3n) is 3.24. The van der Waals surface area contributed by atoms with Crippen molar-refractivity contribution in [3.8, 4) is 5.75 Å². The van der Waals surface area contributed by atoms with Crippen molar-refractivity contribution in [3.63, 3.8) is 0 Å². The van der Waals surface area contributed by atoms with Crippen LogP contribution >= 0.6 is 12.4 Å². The van der Waals surface area contributed by atoms with E-state index in [-0.39, 0.29) is 24.4 Å². The Balaban J connectivity index is 0.00000242. The molecule has 0 spiro atoms. The number of para-hydroxylation sites is 1. The molecule has 6 heteroatoms. The zero-order chi connectivity index (χ0) is 15.2. The maximum Gasteiger partial charge on any atom is 0.251 e. The Morgan fingerprint density at radius 1 is 1.36 bits per heavy atom. The highest BCUT2D eigenvalue weighted by Crippen LogP contribution is 2.24. The smallest absolute Gasteiger partial charge is 0.251 e.